The van der Waals surface area contributed by atoms with Crippen LogP contribution in [0.3, 0.4) is 0 Å². The molecule has 2 aromatic carbocycles. The summed E-state index contributed by atoms with van der Waals surface area (Å²) in [4.78, 5) is 23.8. The van der Waals surface area contributed by atoms with E-state index in [-0.39, 0.29) is 30.8 Å². The first-order chi connectivity index (χ1) is 13.1. The lowest BCUT2D eigenvalue weighted by Gasteiger charge is -2.12. The average Bonchev–Trinajstić information content (AvgIpc) is 3.17. The van der Waals surface area contributed by atoms with Crippen LogP contribution in [0.25, 0.3) is 0 Å². The monoisotopic (exact) mass is 405 g/mol. The third kappa shape index (κ3) is 5.15. The minimum Gasteiger partial charge on any atom is -0.493 e. The molecule has 3 N–H and O–H groups in total. The minimum atomic E-state index is -0.247. The Bertz CT molecular complexity index is 857. The lowest BCUT2D eigenvalue weighted by molar-refractivity contribution is -0.122. The molecule has 1 aliphatic rings. The fourth-order valence-electron chi connectivity index (χ4n) is 2.89. The van der Waals surface area contributed by atoms with Crippen molar-refractivity contribution in [1.29, 1.82) is 0 Å². The summed E-state index contributed by atoms with van der Waals surface area (Å²) in [5, 5.41) is 8.70. The Morgan fingerprint density at radius 1 is 1.07 bits per heavy atom. The normalized spacial score (nSPS) is 11.8. The van der Waals surface area contributed by atoms with Crippen LogP contribution in [0.1, 0.15) is 27.0 Å². The van der Waals surface area contributed by atoms with Gasteiger partial charge in [0.1, 0.15) is 0 Å². The molecule has 0 radical (unpaired) electrons. The van der Waals surface area contributed by atoms with E-state index in [0.29, 0.717) is 23.6 Å². The van der Waals surface area contributed by atoms with Crippen LogP contribution in [0.15, 0.2) is 36.4 Å². The molecule has 0 fully saturated rings. The maximum absolute atomic E-state index is 12.5. The Balaban J connectivity index is 0.00000280. The number of likely N-dealkylation sites (N-methyl/N-ethyl adjacent to an activating group) is 1. The summed E-state index contributed by atoms with van der Waals surface area (Å²) in [5.74, 6) is 0.354. The second kappa shape index (κ2) is 9.96. The summed E-state index contributed by atoms with van der Waals surface area (Å²) in [7, 11) is 3.02. The zero-order valence-electron chi connectivity index (χ0n) is 15.8. The van der Waals surface area contributed by atoms with Crippen molar-refractivity contribution in [2.45, 2.75) is 19.6 Å². The van der Waals surface area contributed by atoms with Crippen LogP contribution in [0.2, 0.25) is 0 Å². The number of hydrogen-bond donors (Lipinski definition) is 3. The van der Waals surface area contributed by atoms with Crippen molar-refractivity contribution in [3.8, 4) is 11.5 Å². The first-order valence-corrected chi connectivity index (χ1v) is 8.71. The first kappa shape index (κ1) is 21.5. The quantitative estimate of drug-likeness (QED) is 0.653. The molecule has 1 aliphatic heterocycles. The van der Waals surface area contributed by atoms with E-state index in [2.05, 4.69) is 28.1 Å². The van der Waals surface area contributed by atoms with Crippen LogP contribution < -0.4 is 25.4 Å². The predicted octanol–water partition coefficient (Wildman–Crippen LogP) is 1.77. The van der Waals surface area contributed by atoms with Gasteiger partial charge in [-0.2, -0.15) is 0 Å². The summed E-state index contributed by atoms with van der Waals surface area (Å²) in [5.41, 5.74) is 4.11. The van der Waals surface area contributed by atoms with Gasteiger partial charge in [-0.3, -0.25) is 9.59 Å². The van der Waals surface area contributed by atoms with Crippen LogP contribution in [0.4, 0.5) is 0 Å². The maximum Gasteiger partial charge on any atom is 0.257 e. The molecule has 2 amide bonds. The van der Waals surface area contributed by atoms with E-state index in [1.807, 2.05) is 6.07 Å². The minimum absolute atomic E-state index is 0. The molecule has 0 aliphatic carbocycles. The van der Waals surface area contributed by atoms with Gasteiger partial charge in [-0.15, -0.1) is 12.4 Å². The summed E-state index contributed by atoms with van der Waals surface area (Å²) in [6.07, 6.45) is 0. The Morgan fingerprint density at radius 3 is 2.61 bits per heavy atom. The Hall–Kier alpha value is -2.77. The van der Waals surface area contributed by atoms with Gasteiger partial charge in [-0.1, -0.05) is 18.2 Å². The SMILES string of the molecule is CNC(=O)COc1ccc(C(=O)NCc2ccc3c(c2)CNC3)cc1OC.Cl. The van der Waals surface area contributed by atoms with Crippen molar-refractivity contribution in [3.63, 3.8) is 0 Å². The molecule has 0 bridgehead atoms. The molecular formula is C20H24ClN3O4. The van der Waals surface area contributed by atoms with Gasteiger partial charge in [0.2, 0.25) is 0 Å². The zero-order chi connectivity index (χ0) is 19.2. The van der Waals surface area contributed by atoms with Crippen molar-refractivity contribution in [1.82, 2.24) is 16.0 Å². The second-order valence-corrected chi connectivity index (χ2v) is 6.22. The largest absolute Gasteiger partial charge is 0.493 e. The van der Waals surface area contributed by atoms with Gasteiger partial charge in [0.25, 0.3) is 11.8 Å². The number of hydrogen-bond acceptors (Lipinski definition) is 5. The summed E-state index contributed by atoms with van der Waals surface area (Å²) in [6.45, 7) is 2.09. The summed E-state index contributed by atoms with van der Waals surface area (Å²) >= 11 is 0. The molecule has 0 spiro atoms. The third-order valence-electron chi connectivity index (χ3n) is 4.42. The molecule has 0 saturated heterocycles. The molecule has 0 atom stereocenters. The molecule has 2 aromatic rings. The van der Waals surface area contributed by atoms with Crippen molar-refractivity contribution in [2.24, 2.45) is 0 Å². The van der Waals surface area contributed by atoms with Gasteiger partial charge in [0.05, 0.1) is 7.11 Å². The number of nitrogens with one attached hydrogen (secondary N) is 3. The number of fused-ring (bicyclic) bond motifs is 1. The molecule has 0 unspecified atom stereocenters. The van der Waals surface area contributed by atoms with Gasteiger partial charge >= 0.3 is 0 Å². The van der Waals surface area contributed by atoms with Gasteiger partial charge in [0, 0.05) is 32.2 Å². The highest BCUT2D eigenvalue weighted by atomic mass is 35.5. The highest BCUT2D eigenvalue weighted by molar-refractivity contribution is 5.94. The zero-order valence-corrected chi connectivity index (χ0v) is 16.7. The highest BCUT2D eigenvalue weighted by Crippen LogP contribution is 2.28. The predicted molar refractivity (Wildman–Crippen MR) is 108 cm³/mol. The summed E-state index contributed by atoms with van der Waals surface area (Å²) < 4.78 is 10.7. The van der Waals surface area contributed by atoms with E-state index in [1.165, 1.54) is 25.3 Å². The molecule has 3 rings (SSSR count). The molecule has 7 nitrogen and oxygen atoms in total. The fraction of sp³-hybridized carbons (Fsp3) is 0.300. The van der Waals surface area contributed by atoms with Crippen LogP contribution in [-0.4, -0.2) is 32.6 Å². The van der Waals surface area contributed by atoms with Gasteiger partial charge in [-0.25, -0.2) is 0 Å². The number of amides is 2. The molecule has 150 valence electrons. The molecule has 1 heterocycles. The van der Waals surface area contributed by atoms with Crippen molar-refractivity contribution < 1.29 is 19.1 Å². The van der Waals surface area contributed by atoms with E-state index >= 15 is 0 Å². The number of rotatable bonds is 7. The highest BCUT2D eigenvalue weighted by Gasteiger charge is 2.13. The smallest absolute Gasteiger partial charge is 0.257 e. The average molecular weight is 406 g/mol. The van der Waals surface area contributed by atoms with E-state index < -0.39 is 0 Å². The van der Waals surface area contributed by atoms with Gasteiger partial charge < -0.3 is 25.4 Å². The Morgan fingerprint density at radius 2 is 1.86 bits per heavy atom. The maximum atomic E-state index is 12.5. The molecule has 28 heavy (non-hydrogen) atoms. The van der Waals surface area contributed by atoms with Crippen LogP contribution in [-0.2, 0) is 24.4 Å². The van der Waals surface area contributed by atoms with E-state index in [9.17, 15) is 9.59 Å². The van der Waals surface area contributed by atoms with Crippen LogP contribution in [0, 0.1) is 0 Å². The topological polar surface area (TPSA) is 88.7 Å². The number of benzene rings is 2. The number of halogens is 1. The van der Waals surface area contributed by atoms with Crippen molar-refractivity contribution >= 4 is 24.2 Å². The molecule has 0 aromatic heterocycles. The van der Waals surface area contributed by atoms with E-state index in [1.54, 1.807) is 18.2 Å². The molecule has 0 saturated carbocycles. The number of ether oxygens (including phenoxy) is 2. The summed E-state index contributed by atoms with van der Waals surface area (Å²) in [6, 6.07) is 11.1. The lowest BCUT2D eigenvalue weighted by atomic mass is 10.1. The van der Waals surface area contributed by atoms with Crippen LogP contribution in [0.5, 0.6) is 11.5 Å². The van der Waals surface area contributed by atoms with Crippen molar-refractivity contribution in [3.05, 3.63) is 58.7 Å². The fourth-order valence-corrected chi connectivity index (χ4v) is 2.89. The Labute approximate surface area is 170 Å². The first-order valence-electron chi connectivity index (χ1n) is 8.71. The van der Waals surface area contributed by atoms with Gasteiger partial charge in [0.15, 0.2) is 18.1 Å². The van der Waals surface area contributed by atoms with E-state index in [0.717, 1.165) is 18.7 Å². The lowest BCUT2D eigenvalue weighted by Crippen LogP contribution is -2.25. The third-order valence-corrected chi connectivity index (χ3v) is 4.42. The number of carbonyl (C=O) groups excluding carboxylic acids is 2. The van der Waals surface area contributed by atoms with E-state index in [4.69, 9.17) is 9.47 Å². The second-order valence-electron chi connectivity index (χ2n) is 6.22. The van der Waals surface area contributed by atoms with Crippen LogP contribution >= 0.6 is 12.4 Å². The standard InChI is InChI=1S/C20H23N3O4.ClH/c1-21-19(24)12-27-17-6-5-14(8-18(17)26-2)20(25)23-9-13-3-4-15-10-22-11-16(15)7-13;/h3-8,22H,9-12H2,1-2H3,(H,21,24)(H,23,25);1H. The molecular weight excluding hydrogens is 382 g/mol. The molecule has 8 heteroatoms. The van der Waals surface area contributed by atoms with Gasteiger partial charge in [-0.05, 0) is 34.9 Å². The van der Waals surface area contributed by atoms with Crippen molar-refractivity contribution in [2.75, 3.05) is 20.8 Å². The Kier molecular flexibility index (Phi) is 7.66. The number of carbonyl (C=O) groups is 2. The number of methoxy groups -OCH3 is 1.